The van der Waals surface area contributed by atoms with E-state index < -0.39 is 0 Å². The normalized spacial score (nSPS) is 10.7. The van der Waals surface area contributed by atoms with Crippen LogP contribution in [-0.2, 0) is 12.4 Å². The highest BCUT2D eigenvalue weighted by Gasteiger charge is 2.09. The first-order chi connectivity index (χ1) is 7.69. The van der Waals surface area contributed by atoms with Crippen LogP contribution in [0.1, 0.15) is 17.2 Å². The van der Waals surface area contributed by atoms with Gasteiger partial charge in [-0.05, 0) is 19.1 Å². The molecule has 0 unspecified atom stereocenters. The van der Waals surface area contributed by atoms with E-state index in [-0.39, 0.29) is 0 Å². The number of aromatic nitrogens is 1. The van der Waals surface area contributed by atoms with E-state index in [0.29, 0.717) is 5.88 Å². The van der Waals surface area contributed by atoms with E-state index >= 15 is 0 Å². The second-order valence-corrected chi connectivity index (χ2v) is 4.73. The maximum absolute atomic E-state index is 5.72. The number of thiazole rings is 1. The first-order valence-corrected chi connectivity index (χ1v) is 6.37. The molecule has 2 heterocycles. The lowest BCUT2D eigenvalue weighted by Gasteiger charge is -2.13. The van der Waals surface area contributed by atoms with Gasteiger partial charge < -0.3 is 9.32 Å². The summed E-state index contributed by atoms with van der Waals surface area (Å²) in [6.07, 6.45) is 0. The van der Waals surface area contributed by atoms with Crippen LogP contribution in [0.2, 0.25) is 0 Å². The average Bonchev–Trinajstić information content (AvgIpc) is 2.87. The highest BCUT2D eigenvalue weighted by molar-refractivity contribution is 7.13. The number of alkyl halides is 1. The quantitative estimate of drug-likeness (QED) is 0.785. The highest BCUT2D eigenvalue weighted by Crippen LogP contribution is 2.22. The van der Waals surface area contributed by atoms with Gasteiger partial charge in [0.25, 0.3) is 0 Å². The number of anilines is 1. The van der Waals surface area contributed by atoms with Crippen LogP contribution in [-0.4, -0.2) is 12.0 Å². The molecule has 0 aliphatic heterocycles. The molecule has 0 radical (unpaired) electrons. The molecule has 0 saturated heterocycles. The van der Waals surface area contributed by atoms with Crippen LogP contribution in [0.15, 0.2) is 21.9 Å². The summed E-state index contributed by atoms with van der Waals surface area (Å²) in [4.78, 5) is 6.46. The van der Waals surface area contributed by atoms with E-state index in [2.05, 4.69) is 9.88 Å². The Balaban J connectivity index is 2.05. The van der Waals surface area contributed by atoms with Gasteiger partial charge in [-0.15, -0.1) is 22.9 Å². The van der Waals surface area contributed by atoms with E-state index in [4.69, 9.17) is 16.0 Å². The molecule has 0 spiro atoms. The van der Waals surface area contributed by atoms with E-state index in [1.54, 1.807) is 11.3 Å². The fourth-order valence-corrected chi connectivity index (χ4v) is 2.42. The van der Waals surface area contributed by atoms with E-state index in [9.17, 15) is 0 Å². The highest BCUT2D eigenvalue weighted by atomic mass is 35.5. The van der Waals surface area contributed by atoms with Gasteiger partial charge in [0.2, 0.25) is 0 Å². The molecule has 0 aliphatic carbocycles. The molecule has 0 amide bonds. The lowest BCUT2D eigenvalue weighted by molar-refractivity contribution is 0.481. The zero-order valence-electron chi connectivity index (χ0n) is 9.24. The Kier molecular flexibility index (Phi) is 3.51. The molecule has 0 bridgehead atoms. The third-order valence-electron chi connectivity index (χ3n) is 2.19. The van der Waals surface area contributed by atoms with E-state index in [1.165, 1.54) is 0 Å². The molecule has 86 valence electrons. The molecule has 2 rings (SSSR count). The second-order valence-electron chi connectivity index (χ2n) is 3.62. The molecule has 16 heavy (non-hydrogen) atoms. The van der Waals surface area contributed by atoms with Gasteiger partial charge in [-0.25, -0.2) is 4.98 Å². The molecule has 2 aromatic heterocycles. The molecule has 0 saturated carbocycles. The minimum Gasteiger partial charge on any atom is -0.464 e. The van der Waals surface area contributed by atoms with Crippen LogP contribution in [0.25, 0.3) is 0 Å². The van der Waals surface area contributed by atoms with Gasteiger partial charge in [-0.3, -0.25) is 0 Å². The molecule has 2 aromatic rings. The minimum atomic E-state index is 0.463. The van der Waals surface area contributed by atoms with Crippen molar-refractivity contribution in [3.8, 4) is 0 Å². The molecular weight excluding hydrogens is 244 g/mol. The van der Waals surface area contributed by atoms with E-state index in [1.807, 2.05) is 31.5 Å². The van der Waals surface area contributed by atoms with Crippen molar-refractivity contribution in [3.05, 3.63) is 34.7 Å². The summed E-state index contributed by atoms with van der Waals surface area (Å²) in [5, 5.41) is 2.94. The zero-order chi connectivity index (χ0) is 11.5. The van der Waals surface area contributed by atoms with Crippen LogP contribution in [0.4, 0.5) is 5.13 Å². The number of halogens is 1. The largest absolute Gasteiger partial charge is 0.464 e. The molecule has 0 aromatic carbocycles. The molecule has 0 aliphatic rings. The number of hydrogen-bond acceptors (Lipinski definition) is 4. The summed E-state index contributed by atoms with van der Waals surface area (Å²) in [7, 11) is 1.99. The minimum absolute atomic E-state index is 0.463. The number of aryl methyl sites for hydroxylation is 1. The van der Waals surface area contributed by atoms with Crippen LogP contribution >= 0.6 is 22.9 Å². The molecule has 3 nitrogen and oxygen atoms in total. The van der Waals surface area contributed by atoms with Crippen molar-refractivity contribution in [2.45, 2.75) is 19.3 Å². The fraction of sp³-hybridized carbons (Fsp3) is 0.364. The van der Waals surface area contributed by atoms with Gasteiger partial charge >= 0.3 is 0 Å². The van der Waals surface area contributed by atoms with Gasteiger partial charge in [0.05, 0.1) is 18.1 Å². The number of rotatable bonds is 4. The van der Waals surface area contributed by atoms with Crippen molar-refractivity contribution in [3.63, 3.8) is 0 Å². The molecular formula is C11H13ClN2OS. The third kappa shape index (κ3) is 2.57. The first-order valence-electron chi connectivity index (χ1n) is 4.96. The Morgan fingerprint density at radius 1 is 1.50 bits per heavy atom. The second kappa shape index (κ2) is 4.89. The average molecular weight is 257 g/mol. The maximum atomic E-state index is 5.72. The number of furan rings is 1. The Hall–Kier alpha value is -1.00. The third-order valence-corrected chi connectivity index (χ3v) is 3.47. The van der Waals surface area contributed by atoms with Crippen molar-refractivity contribution in [1.82, 2.24) is 4.98 Å². The van der Waals surface area contributed by atoms with Gasteiger partial charge in [0.1, 0.15) is 11.5 Å². The topological polar surface area (TPSA) is 29.3 Å². The molecule has 0 fully saturated rings. The Morgan fingerprint density at radius 2 is 2.31 bits per heavy atom. The van der Waals surface area contributed by atoms with Crippen LogP contribution < -0.4 is 4.90 Å². The van der Waals surface area contributed by atoms with Gasteiger partial charge in [0, 0.05) is 12.4 Å². The molecule has 0 atom stereocenters. The van der Waals surface area contributed by atoms with Crippen molar-refractivity contribution in [1.29, 1.82) is 0 Å². The maximum Gasteiger partial charge on any atom is 0.185 e. The summed E-state index contributed by atoms with van der Waals surface area (Å²) in [6, 6.07) is 3.96. The standard InChI is InChI=1S/C11H13ClN2OS/c1-8-3-4-10(15-8)6-14(2)11-13-9(5-12)7-16-11/h3-4,7H,5-6H2,1-2H3. The predicted octanol–water partition coefficient (Wildman–Crippen LogP) is 3.42. The van der Waals surface area contributed by atoms with Crippen LogP contribution in [0.5, 0.6) is 0 Å². The van der Waals surface area contributed by atoms with E-state index in [0.717, 1.165) is 28.9 Å². The monoisotopic (exact) mass is 256 g/mol. The Labute approximate surface area is 104 Å². The van der Waals surface area contributed by atoms with Crippen LogP contribution in [0.3, 0.4) is 0 Å². The SMILES string of the molecule is Cc1ccc(CN(C)c2nc(CCl)cs2)o1. The van der Waals surface area contributed by atoms with Gasteiger partial charge in [0.15, 0.2) is 5.13 Å². The Morgan fingerprint density at radius 3 is 2.88 bits per heavy atom. The lowest BCUT2D eigenvalue weighted by atomic mass is 10.4. The number of nitrogens with zero attached hydrogens (tertiary/aromatic N) is 2. The summed E-state index contributed by atoms with van der Waals surface area (Å²) in [5.74, 6) is 2.34. The predicted molar refractivity (Wildman–Crippen MR) is 67.2 cm³/mol. The van der Waals surface area contributed by atoms with Crippen molar-refractivity contribution < 1.29 is 4.42 Å². The lowest BCUT2D eigenvalue weighted by Crippen LogP contribution is -2.15. The number of hydrogen-bond donors (Lipinski definition) is 0. The van der Waals surface area contributed by atoms with Gasteiger partial charge in [-0.2, -0.15) is 0 Å². The first kappa shape index (κ1) is 11.5. The zero-order valence-corrected chi connectivity index (χ0v) is 10.8. The summed E-state index contributed by atoms with van der Waals surface area (Å²) < 4.78 is 5.52. The molecule has 5 heteroatoms. The van der Waals surface area contributed by atoms with Crippen molar-refractivity contribution in [2.75, 3.05) is 11.9 Å². The fourth-order valence-electron chi connectivity index (χ4n) is 1.40. The van der Waals surface area contributed by atoms with Gasteiger partial charge in [-0.1, -0.05) is 0 Å². The summed E-state index contributed by atoms with van der Waals surface area (Å²) in [6.45, 7) is 2.67. The summed E-state index contributed by atoms with van der Waals surface area (Å²) >= 11 is 7.31. The van der Waals surface area contributed by atoms with Crippen molar-refractivity contribution >= 4 is 28.1 Å². The van der Waals surface area contributed by atoms with Crippen molar-refractivity contribution in [2.24, 2.45) is 0 Å². The molecule has 0 N–H and O–H groups in total. The van der Waals surface area contributed by atoms with Crippen LogP contribution in [0, 0.1) is 6.92 Å². The Bertz CT molecular complexity index is 466. The smallest absolute Gasteiger partial charge is 0.185 e. The summed E-state index contributed by atoms with van der Waals surface area (Å²) in [5.41, 5.74) is 0.921.